The van der Waals surface area contributed by atoms with Crippen molar-refractivity contribution >= 4 is 23.3 Å². The molecule has 0 radical (unpaired) electrons. The minimum Gasteiger partial charge on any atom is -0.385 e. The summed E-state index contributed by atoms with van der Waals surface area (Å²) in [5, 5.41) is 21.2. The molecule has 0 saturated heterocycles. The second kappa shape index (κ2) is 3.33. The lowest BCUT2D eigenvalue weighted by Gasteiger charge is -1.96. The average molecular weight is 238 g/mol. The highest BCUT2D eigenvalue weighted by molar-refractivity contribution is 6.17. The number of fused-ring (bicyclic) bond motifs is 1. The fourth-order valence-corrected chi connectivity index (χ4v) is 1.43. The van der Waals surface area contributed by atoms with E-state index < -0.39 is 44.3 Å². The predicted molar refractivity (Wildman–Crippen MR) is 49.5 cm³/mol. The van der Waals surface area contributed by atoms with Crippen molar-refractivity contribution in [3.63, 3.8) is 0 Å². The summed E-state index contributed by atoms with van der Waals surface area (Å²) in [5.74, 6) is -2.30. The van der Waals surface area contributed by atoms with E-state index in [0.717, 1.165) is 6.07 Å². The standard InChI is InChI=1S/C8H2N2O7/c11-7-4-1-3(9(13)14)2-5(10(15)16)6(4)8(12)17-7/h1-2H. The summed E-state index contributed by atoms with van der Waals surface area (Å²) >= 11 is 0. The number of hydrogen-bond donors (Lipinski definition) is 0. The van der Waals surface area contributed by atoms with Crippen LogP contribution in [-0.2, 0) is 4.74 Å². The first-order valence-corrected chi connectivity index (χ1v) is 4.15. The smallest absolute Gasteiger partial charge is 0.353 e. The van der Waals surface area contributed by atoms with E-state index in [0.29, 0.717) is 6.07 Å². The monoisotopic (exact) mass is 238 g/mol. The third-order valence-electron chi connectivity index (χ3n) is 2.12. The van der Waals surface area contributed by atoms with Gasteiger partial charge in [0.15, 0.2) is 5.56 Å². The Balaban J connectivity index is 2.79. The number of nitro benzene ring substituents is 2. The Morgan fingerprint density at radius 1 is 1.00 bits per heavy atom. The van der Waals surface area contributed by atoms with Crippen LogP contribution in [-0.4, -0.2) is 21.8 Å². The molecule has 1 aromatic carbocycles. The quantitative estimate of drug-likeness (QED) is 0.322. The van der Waals surface area contributed by atoms with Gasteiger partial charge in [0.1, 0.15) is 0 Å². The van der Waals surface area contributed by atoms with Crippen LogP contribution in [0.4, 0.5) is 11.4 Å². The highest BCUT2D eigenvalue weighted by Gasteiger charge is 2.39. The molecule has 86 valence electrons. The largest absolute Gasteiger partial charge is 0.385 e. The third-order valence-corrected chi connectivity index (χ3v) is 2.12. The molecule has 2 rings (SSSR count). The van der Waals surface area contributed by atoms with E-state index in [1.54, 1.807) is 0 Å². The number of benzene rings is 1. The number of nitro groups is 2. The number of rotatable bonds is 2. The van der Waals surface area contributed by atoms with Gasteiger partial charge in [-0.2, -0.15) is 0 Å². The Labute approximate surface area is 91.9 Å². The van der Waals surface area contributed by atoms with Gasteiger partial charge >= 0.3 is 11.9 Å². The van der Waals surface area contributed by atoms with E-state index in [4.69, 9.17) is 0 Å². The van der Waals surface area contributed by atoms with Crippen LogP contribution in [0.15, 0.2) is 12.1 Å². The predicted octanol–water partition coefficient (Wildman–Crippen LogP) is 0.814. The molecule has 1 aliphatic heterocycles. The van der Waals surface area contributed by atoms with E-state index in [-0.39, 0.29) is 0 Å². The lowest BCUT2D eigenvalue weighted by atomic mass is 10.1. The maximum absolute atomic E-state index is 11.2. The lowest BCUT2D eigenvalue weighted by Crippen LogP contribution is -2.02. The van der Waals surface area contributed by atoms with Crippen LogP contribution in [0, 0.1) is 20.2 Å². The van der Waals surface area contributed by atoms with Crippen molar-refractivity contribution < 1.29 is 24.2 Å². The highest BCUT2D eigenvalue weighted by atomic mass is 16.6. The maximum Gasteiger partial charge on any atom is 0.353 e. The number of cyclic esters (lactones) is 2. The maximum atomic E-state index is 11.2. The van der Waals surface area contributed by atoms with Gasteiger partial charge in [0.2, 0.25) is 0 Å². The molecule has 0 unspecified atom stereocenters. The summed E-state index contributed by atoms with van der Waals surface area (Å²) in [6.45, 7) is 0. The van der Waals surface area contributed by atoms with E-state index >= 15 is 0 Å². The second-order valence-electron chi connectivity index (χ2n) is 3.08. The van der Waals surface area contributed by atoms with Crippen molar-refractivity contribution in [2.75, 3.05) is 0 Å². The minimum absolute atomic E-state index is 0.462. The molecule has 0 N–H and O–H groups in total. The van der Waals surface area contributed by atoms with Crippen LogP contribution in [0.2, 0.25) is 0 Å². The van der Waals surface area contributed by atoms with Gasteiger partial charge in [-0.3, -0.25) is 20.2 Å². The SMILES string of the molecule is O=C1OC(=O)c2c1cc([N+](=O)[O-])cc2[N+](=O)[O-]. The summed E-state index contributed by atoms with van der Waals surface area (Å²) < 4.78 is 4.15. The van der Waals surface area contributed by atoms with Gasteiger partial charge in [-0.05, 0) is 0 Å². The zero-order valence-corrected chi connectivity index (χ0v) is 7.91. The molecule has 17 heavy (non-hydrogen) atoms. The molecule has 9 heteroatoms. The van der Waals surface area contributed by atoms with Gasteiger partial charge in [-0.25, -0.2) is 9.59 Å². The first kappa shape index (κ1) is 10.7. The molecule has 1 heterocycles. The highest BCUT2D eigenvalue weighted by Crippen LogP contribution is 2.33. The van der Waals surface area contributed by atoms with Gasteiger partial charge in [0, 0.05) is 6.07 Å². The molecule has 0 atom stereocenters. The first-order chi connectivity index (χ1) is 7.91. The van der Waals surface area contributed by atoms with Crippen molar-refractivity contribution in [2.24, 2.45) is 0 Å². The summed E-state index contributed by atoms with van der Waals surface area (Å²) in [6, 6.07) is 1.38. The summed E-state index contributed by atoms with van der Waals surface area (Å²) in [6.07, 6.45) is 0. The number of carbonyl (C=O) groups excluding carboxylic acids is 2. The molecule has 9 nitrogen and oxygen atoms in total. The Kier molecular flexibility index (Phi) is 2.09. The van der Waals surface area contributed by atoms with Crippen LogP contribution in [0.1, 0.15) is 20.7 Å². The topological polar surface area (TPSA) is 130 Å². The zero-order chi connectivity index (χ0) is 12.7. The Morgan fingerprint density at radius 2 is 1.65 bits per heavy atom. The molecule has 1 aliphatic rings. The molecule has 0 aromatic heterocycles. The molecule has 0 aliphatic carbocycles. The van der Waals surface area contributed by atoms with Crippen molar-refractivity contribution in [3.05, 3.63) is 43.5 Å². The van der Waals surface area contributed by atoms with Crippen molar-refractivity contribution in [1.82, 2.24) is 0 Å². The van der Waals surface area contributed by atoms with Crippen molar-refractivity contribution in [3.8, 4) is 0 Å². The normalized spacial score (nSPS) is 13.2. The Morgan fingerprint density at radius 3 is 2.18 bits per heavy atom. The van der Waals surface area contributed by atoms with Gasteiger partial charge in [0.25, 0.3) is 11.4 Å². The molecule has 0 saturated carbocycles. The fourth-order valence-electron chi connectivity index (χ4n) is 1.43. The van der Waals surface area contributed by atoms with Crippen LogP contribution in [0.5, 0.6) is 0 Å². The minimum atomic E-state index is -1.17. The molecule has 1 aromatic rings. The molecule has 0 fully saturated rings. The second-order valence-corrected chi connectivity index (χ2v) is 3.08. The lowest BCUT2D eigenvalue weighted by molar-refractivity contribution is -0.394. The van der Waals surface area contributed by atoms with Crippen molar-refractivity contribution in [1.29, 1.82) is 0 Å². The number of hydrogen-bond acceptors (Lipinski definition) is 7. The third kappa shape index (κ3) is 1.49. The Bertz CT molecular complexity index is 592. The van der Waals surface area contributed by atoms with E-state index in [9.17, 15) is 29.8 Å². The van der Waals surface area contributed by atoms with Gasteiger partial charge in [-0.1, -0.05) is 0 Å². The Hall–Kier alpha value is -2.84. The van der Waals surface area contributed by atoms with Crippen LogP contribution < -0.4 is 0 Å². The number of non-ortho nitro benzene ring substituents is 1. The van der Waals surface area contributed by atoms with Crippen molar-refractivity contribution in [2.45, 2.75) is 0 Å². The van der Waals surface area contributed by atoms with Crippen LogP contribution in [0.3, 0.4) is 0 Å². The molecule has 0 amide bonds. The van der Waals surface area contributed by atoms with Gasteiger partial charge < -0.3 is 4.74 Å². The number of esters is 2. The summed E-state index contributed by atoms with van der Waals surface area (Å²) in [5.41, 5.74) is -2.48. The summed E-state index contributed by atoms with van der Waals surface area (Å²) in [7, 11) is 0. The number of carbonyl (C=O) groups is 2. The van der Waals surface area contributed by atoms with E-state index in [1.807, 2.05) is 0 Å². The van der Waals surface area contributed by atoms with Gasteiger partial charge in [0.05, 0.1) is 21.5 Å². The summed E-state index contributed by atoms with van der Waals surface area (Å²) in [4.78, 5) is 41.6. The molecular formula is C8H2N2O7. The van der Waals surface area contributed by atoms with Crippen LogP contribution in [0.25, 0.3) is 0 Å². The van der Waals surface area contributed by atoms with E-state index in [2.05, 4.69) is 4.74 Å². The fraction of sp³-hybridized carbons (Fsp3) is 0. The van der Waals surface area contributed by atoms with Crippen LogP contribution >= 0.6 is 0 Å². The zero-order valence-electron chi connectivity index (χ0n) is 7.91. The first-order valence-electron chi connectivity index (χ1n) is 4.15. The molecule has 0 spiro atoms. The van der Waals surface area contributed by atoms with Gasteiger partial charge in [-0.15, -0.1) is 0 Å². The van der Waals surface area contributed by atoms with E-state index in [1.165, 1.54) is 0 Å². The number of nitrogens with zero attached hydrogens (tertiary/aromatic N) is 2. The average Bonchev–Trinajstić information content (AvgIpc) is 2.53. The molecule has 0 bridgehead atoms. The molecular weight excluding hydrogens is 236 g/mol. The number of ether oxygens (including phenoxy) is 1.